The van der Waals surface area contributed by atoms with E-state index in [-0.39, 0.29) is 0 Å². The molecule has 0 aliphatic heterocycles. The van der Waals surface area contributed by atoms with Crippen molar-refractivity contribution >= 4 is 5.82 Å². The van der Waals surface area contributed by atoms with Crippen LogP contribution >= 0.6 is 0 Å². The number of hydrogen-bond acceptors (Lipinski definition) is 6. The third kappa shape index (κ3) is 3.34. The van der Waals surface area contributed by atoms with Crippen molar-refractivity contribution in [3.05, 3.63) is 40.6 Å². The van der Waals surface area contributed by atoms with Crippen molar-refractivity contribution in [1.82, 2.24) is 10.2 Å². The molecule has 0 aliphatic rings. The number of aromatic nitrogens is 2. The summed E-state index contributed by atoms with van der Waals surface area (Å²) in [7, 11) is 5.10. The molecule has 6 heteroatoms. The number of anilines is 1. The second kappa shape index (κ2) is 6.97. The lowest BCUT2D eigenvalue weighted by Crippen LogP contribution is -2.20. The highest BCUT2D eigenvalue weighted by Gasteiger charge is 2.15. The number of nitrogens with zero attached hydrogens (tertiary/aromatic N) is 4. The van der Waals surface area contributed by atoms with E-state index in [2.05, 4.69) is 16.3 Å². The summed E-state index contributed by atoms with van der Waals surface area (Å²) in [5.41, 5.74) is 3.20. The Balaban J connectivity index is 2.31. The van der Waals surface area contributed by atoms with Gasteiger partial charge in [0.05, 0.1) is 19.9 Å². The fraction of sp³-hybridized carbons (Fsp3) is 0.353. The molecule has 0 fully saturated rings. The van der Waals surface area contributed by atoms with Gasteiger partial charge in [0.2, 0.25) is 0 Å². The number of aryl methyl sites for hydroxylation is 1. The second-order valence-corrected chi connectivity index (χ2v) is 5.27. The van der Waals surface area contributed by atoms with Crippen molar-refractivity contribution in [3.63, 3.8) is 0 Å². The summed E-state index contributed by atoms with van der Waals surface area (Å²) >= 11 is 0. The third-order valence-electron chi connectivity index (χ3n) is 3.78. The van der Waals surface area contributed by atoms with Crippen LogP contribution in [-0.4, -0.2) is 31.5 Å². The van der Waals surface area contributed by atoms with Gasteiger partial charge >= 0.3 is 0 Å². The molecule has 0 radical (unpaired) electrons. The summed E-state index contributed by atoms with van der Waals surface area (Å²) in [5.74, 6) is 1.93. The van der Waals surface area contributed by atoms with Gasteiger partial charge in [-0.25, -0.2) is 0 Å². The van der Waals surface area contributed by atoms with Gasteiger partial charge in [-0.1, -0.05) is 6.07 Å². The van der Waals surface area contributed by atoms with Crippen LogP contribution in [0.5, 0.6) is 11.5 Å². The zero-order chi connectivity index (χ0) is 17.0. The largest absolute Gasteiger partial charge is 0.493 e. The van der Waals surface area contributed by atoms with Gasteiger partial charge in [0.1, 0.15) is 11.6 Å². The van der Waals surface area contributed by atoms with Crippen molar-refractivity contribution in [2.75, 3.05) is 26.2 Å². The molecule has 1 aromatic carbocycles. The lowest BCUT2D eigenvalue weighted by molar-refractivity contribution is 0.354. The van der Waals surface area contributed by atoms with Gasteiger partial charge in [0, 0.05) is 13.6 Å². The van der Waals surface area contributed by atoms with Gasteiger partial charge in [-0.15, -0.1) is 5.10 Å². The topological polar surface area (TPSA) is 71.3 Å². The van der Waals surface area contributed by atoms with Crippen molar-refractivity contribution in [1.29, 1.82) is 5.26 Å². The lowest BCUT2D eigenvalue weighted by atomic mass is 10.1. The molecule has 2 aromatic rings. The number of ether oxygens (including phenoxy) is 2. The zero-order valence-electron chi connectivity index (χ0n) is 14.0. The lowest BCUT2D eigenvalue weighted by Gasteiger charge is -2.20. The molecule has 0 saturated carbocycles. The van der Waals surface area contributed by atoms with Crippen LogP contribution < -0.4 is 14.4 Å². The first-order valence-electron chi connectivity index (χ1n) is 7.17. The molecule has 23 heavy (non-hydrogen) atoms. The standard InChI is InChI=1S/C17H20N4O2/c1-11-12(2)19-20-17(14(11)9-18)21(3)10-13-6-7-15(22-4)16(8-13)23-5/h6-8H,10H2,1-5H3. The SMILES string of the molecule is COc1ccc(CN(C)c2nnc(C)c(C)c2C#N)cc1OC. The minimum atomic E-state index is 0.556. The van der Waals surface area contributed by atoms with E-state index in [0.717, 1.165) is 16.8 Å². The molecule has 0 amide bonds. The van der Waals surface area contributed by atoms with E-state index in [1.807, 2.05) is 44.0 Å². The maximum Gasteiger partial charge on any atom is 0.169 e. The van der Waals surface area contributed by atoms with E-state index in [9.17, 15) is 5.26 Å². The van der Waals surface area contributed by atoms with Gasteiger partial charge in [-0.3, -0.25) is 0 Å². The Labute approximate surface area is 136 Å². The molecular formula is C17H20N4O2. The van der Waals surface area contributed by atoms with E-state index in [0.29, 0.717) is 29.4 Å². The summed E-state index contributed by atoms with van der Waals surface area (Å²) < 4.78 is 10.6. The zero-order valence-corrected chi connectivity index (χ0v) is 14.0. The van der Waals surface area contributed by atoms with E-state index in [4.69, 9.17) is 9.47 Å². The average Bonchev–Trinajstić information content (AvgIpc) is 2.56. The van der Waals surface area contributed by atoms with Crippen molar-refractivity contribution < 1.29 is 9.47 Å². The van der Waals surface area contributed by atoms with Crippen LogP contribution in [-0.2, 0) is 6.54 Å². The van der Waals surface area contributed by atoms with Gasteiger partial charge in [0.15, 0.2) is 17.3 Å². The quantitative estimate of drug-likeness (QED) is 0.845. The van der Waals surface area contributed by atoms with E-state index in [1.54, 1.807) is 14.2 Å². The highest BCUT2D eigenvalue weighted by molar-refractivity contribution is 5.57. The Morgan fingerprint density at radius 2 is 1.83 bits per heavy atom. The molecule has 120 valence electrons. The third-order valence-corrected chi connectivity index (χ3v) is 3.78. The fourth-order valence-electron chi connectivity index (χ4n) is 2.32. The Morgan fingerprint density at radius 3 is 2.43 bits per heavy atom. The molecule has 6 nitrogen and oxygen atoms in total. The summed E-state index contributed by atoms with van der Waals surface area (Å²) in [6.45, 7) is 4.31. The first-order valence-corrected chi connectivity index (χ1v) is 7.17. The van der Waals surface area contributed by atoms with Gasteiger partial charge < -0.3 is 14.4 Å². The number of benzene rings is 1. The van der Waals surface area contributed by atoms with E-state index < -0.39 is 0 Å². The molecule has 0 aliphatic carbocycles. The molecule has 0 saturated heterocycles. The Hall–Kier alpha value is -2.81. The normalized spacial score (nSPS) is 10.1. The van der Waals surface area contributed by atoms with E-state index >= 15 is 0 Å². The monoisotopic (exact) mass is 312 g/mol. The summed E-state index contributed by atoms with van der Waals surface area (Å²) in [5, 5.41) is 17.7. The minimum Gasteiger partial charge on any atom is -0.493 e. The molecule has 0 atom stereocenters. The minimum absolute atomic E-state index is 0.556. The molecule has 0 spiro atoms. The molecule has 0 bridgehead atoms. The van der Waals surface area contributed by atoms with Gasteiger partial charge in [0.25, 0.3) is 0 Å². The first-order chi connectivity index (χ1) is 11.0. The predicted octanol–water partition coefficient (Wildman–Crippen LogP) is 2.62. The summed E-state index contributed by atoms with van der Waals surface area (Å²) in [4.78, 5) is 1.90. The van der Waals surface area contributed by atoms with Crippen molar-refractivity contribution in [2.45, 2.75) is 20.4 Å². The Bertz CT molecular complexity index is 753. The Morgan fingerprint density at radius 1 is 1.13 bits per heavy atom. The Kier molecular flexibility index (Phi) is 5.02. The van der Waals surface area contributed by atoms with Crippen LogP contribution in [0.3, 0.4) is 0 Å². The van der Waals surface area contributed by atoms with Crippen LogP contribution in [0.1, 0.15) is 22.4 Å². The molecule has 0 unspecified atom stereocenters. The van der Waals surface area contributed by atoms with Crippen LogP contribution in [0.15, 0.2) is 18.2 Å². The number of hydrogen-bond donors (Lipinski definition) is 0. The van der Waals surface area contributed by atoms with Crippen molar-refractivity contribution in [2.24, 2.45) is 0 Å². The maximum atomic E-state index is 9.41. The maximum absolute atomic E-state index is 9.41. The highest BCUT2D eigenvalue weighted by Crippen LogP contribution is 2.29. The van der Waals surface area contributed by atoms with Crippen LogP contribution in [0.2, 0.25) is 0 Å². The molecule has 2 rings (SSSR count). The van der Waals surface area contributed by atoms with Gasteiger partial charge in [-0.2, -0.15) is 10.4 Å². The fourth-order valence-corrected chi connectivity index (χ4v) is 2.32. The summed E-state index contributed by atoms with van der Waals surface area (Å²) in [6.07, 6.45) is 0. The number of methoxy groups -OCH3 is 2. The molecule has 0 N–H and O–H groups in total. The van der Waals surface area contributed by atoms with Crippen LogP contribution in [0.25, 0.3) is 0 Å². The molecule has 1 heterocycles. The number of rotatable bonds is 5. The summed E-state index contributed by atoms with van der Waals surface area (Å²) in [6, 6.07) is 7.95. The molecule has 1 aromatic heterocycles. The van der Waals surface area contributed by atoms with E-state index in [1.165, 1.54) is 0 Å². The number of nitriles is 1. The van der Waals surface area contributed by atoms with Crippen molar-refractivity contribution in [3.8, 4) is 17.6 Å². The van der Waals surface area contributed by atoms with Crippen LogP contribution in [0, 0.1) is 25.2 Å². The van der Waals surface area contributed by atoms with Crippen LogP contribution in [0.4, 0.5) is 5.82 Å². The smallest absolute Gasteiger partial charge is 0.169 e. The second-order valence-electron chi connectivity index (χ2n) is 5.27. The first kappa shape index (κ1) is 16.6. The molecular weight excluding hydrogens is 292 g/mol. The van der Waals surface area contributed by atoms with Gasteiger partial charge in [-0.05, 0) is 37.1 Å². The predicted molar refractivity (Wildman–Crippen MR) is 87.9 cm³/mol. The average molecular weight is 312 g/mol. The highest BCUT2D eigenvalue weighted by atomic mass is 16.5.